The van der Waals surface area contributed by atoms with Gasteiger partial charge in [0.25, 0.3) is 12.3 Å². The van der Waals surface area contributed by atoms with Crippen LogP contribution in [0.1, 0.15) is 55.2 Å². The van der Waals surface area contributed by atoms with Gasteiger partial charge in [-0.1, -0.05) is 29.8 Å². The van der Waals surface area contributed by atoms with Gasteiger partial charge in [0.05, 0.1) is 11.3 Å². The SMILES string of the molecule is Cc1cccc(C(NC(=O)c2cn(C)nc2C(F)F)c2nc(C)c(C)s2)c1. The van der Waals surface area contributed by atoms with Gasteiger partial charge in [0.1, 0.15) is 16.7 Å². The first-order valence-corrected chi connectivity index (χ1v) is 9.21. The normalized spacial score (nSPS) is 12.4. The molecule has 0 saturated heterocycles. The number of halogens is 2. The van der Waals surface area contributed by atoms with Gasteiger partial charge >= 0.3 is 0 Å². The lowest BCUT2D eigenvalue weighted by Gasteiger charge is -2.17. The van der Waals surface area contributed by atoms with Crippen molar-refractivity contribution in [3.63, 3.8) is 0 Å². The molecule has 0 radical (unpaired) electrons. The molecule has 27 heavy (non-hydrogen) atoms. The summed E-state index contributed by atoms with van der Waals surface area (Å²) in [6.07, 6.45) is -1.52. The van der Waals surface area contributed by atoms with Crippen LogP contribution in [-0.4, -0.2) is 20.7 Å². The quantitative estimate of drug-likeness (QED) is 0.708. The lowest BCUT2D eigenvalue weighted by Crippen LogP contribution is -2.30. The van der Waals surface area contributed by atoms with Gasteiger partial charge in [0.15, 0.2) is 0 Å². The van der Waals surface area contributed by atoms with Crippen LogP contribution in [0.25, 0.3) is 0 Å². The highest BCUT2D eigenvalue weighted by atomic mass is 32.1. The fourth-order valence-corrected chi connectivity index (χ4v) is 3.81. The van der Waals surface area contributed by atoms with Crippen LogP contribution >= 0.6 is 11.3 Å². The summed E-state index contributed by atoms with van der Waals surface area (Å²) in [7, 11) is 1.51. The van der Waals surface area contributed by atoms with Gasteiger partial charge in [-0.2, -0.15) is 5.10 Å². The summed E-state index contributed by atoms with van der Waals surface area (Å²) in [6.45, 7) is 5.82. The molecule has 0 spiro atoms. The van der Waals surface area contributed by atoms with Gasteiger partial charge in [0, 0.05) is 18.1 Å². The van der Waals surface area contributed by atoms with E-state index >= 15 is 0 Å². The molecule has 1 unspecified atom stereocenters. The number of aryl methyl sites for hydroxylation is 4. The highest BCUT2D eigenvalue weighted by Crippen LogP contribution is 2.29. The maximum Gasteiger partial charge on any atom is 0.282 e. The molecule has 3 aromatic rings. The van der Waals surface area contributed by atoms with E-state index in [0.29, 0.717) is 5.01 Å². The first-order chi connectivity index (χ1) is 12.8. The molecule has 0 fully saturated rings. The summed E-state index contributed by atoms with van der Waals surface area (Å²) in [5.74, 6) is -0.601. The van der Waals surface area contributed by atoms with E-state index in [9.17, 15) is 13.6 Å². The molecule has 1 aromatic carbocycles. The summed E-state index contributed by atoms with van der Waals surface area (Å²) >= 11 is 1.48. The van der Waals surface area contributed by atoms with Gasteiger partial charge in [-0.25, -0.2) is 13.8 Å². The van der Waals surface area contributed by atoms with Crippen molar-refractivity contribution in [1.29, 1.82) is 0 Å². The smallest absolute Gasteiger partial charge is 0.282 e. The zero-order chi connectivity index (χ0) is 19.7. The molecular weight excluding hydrogens is 370 g/mol. The van der Waals surface area contributed by atoms with Crippen molar-refractivity contribution in [3.8, 4) is 0 Å². The average Bonchev–Trinajstić information content (AvgIpc) is 3.15. The van der Waals surface area contributed by atoms with Crippen LogP contribution in [0.5, 0.6) is 0 Å². The van der Waals surface area contributed by atoms with Crippen LogP contribution in [0, 0.1) is 20.8 Å². The number of rotatable bonds is 5. The van der Waals surface area contributed by atoms with Crippen molar-refractivity contribution in [1.82, 2.24) is 20.1 Å². The molecule has 1 amide bonds. The van der Waals surface area contributed by atoms with E-state index in [1.165, 1.54) is 29.3 Å². The highest BCUT2D eigenvalue weighted by Gasteiger charge is 2.27. The number of nitrogens with zero attached hydrogens (tertiary/aromatic N) is 3. The number of carbonyl (C=O) groups is 1. The molecule has 5 nitrogen and oxygen atoms in total. The fourth-order valence-electron chi connectivity index (χ4n) is 2.81. The van der Waals surface area contributed by atoms with Crippen molar-refractivity contribution >= 4 is 17.2 Å². The molecule has 0 aliphatic rings. The Kier molecular flexibility index (Phi) is 5.36. The van der Waals surface area contributed by atoms with E-state index < -0.39 is 24.1 Å². The van der Waals surface area contributed by atoms with E-state index in [1.54, 1.807) is 0 Å². The fraction of sp³-hybridized carbons (Fsp3) is 0.316. The van der Waals surface area contributed by atoms with Gasteiger partial charge in [-0.05, 0) is 26.3 Å². The van der Waals surface area contributed by atoms with Crippen molar-refractivity contribution in [2.45, 2.75) is 33.2 Å². The number of amides is 1. The van der Waals surface area contributed by atoms with E-state index in [1.807, 2.05) is 45.0 Å². The van der Waals surface area contributed by atoms with Crippen molar-refractivity contribution in [3.05, 3.63) is 68.4 Å². The molecule has 0 aliphatic heterocycles. The molecule has 1 atom stereocenters. The maximum atomic E-state index is 13.2. The third-order valence-corrected chi connectivity index (χ3v) is 5.39. The van der Waals surface area contributed by atoms with E-state index in [0.717, 1.165) is 21.7 Å². The van der Waals surface area contributed by atoms with Gasteiger partial charge in [-0.15, -0.1) is 11.3 Å². The average molecular weight is 390 g/mol. The molecule has 2 heterocycles. The number of alkyl halides is 2. The van der Waals surface area contributed by atoms with Crippen molar-refractivity contribution < 1.29 is 13.6 Å². The van der Waals surface area contributed by atoms with E-state index in [2.05, 4.69) is 15.4 Å². The summed E-state index contributed by atoms with van der Waals surface area (Å²) in [6, 6.07) is 7.17. The van der Waals surface area contributed by atoms with Gasteiger partial charge in [-0.3, -0.25) is 9.48 Å². The predicted molar refractivity (Wildman–Crippen MR) is 100 cm³/mol. The topological polar surface area (TPSA) is 59.8 Å². The monoisotopic (exact) mass is 390 g/mol. The van der Waals surface area contributed by atoms with Crippen LogP contribution in [0.15, 0.2) is 30.5 Å². The molecule has 0 aliphatic carbocycles. The molecule has 3 rings (SSSR count). The largest absolute Gasteiger partial charge is 0.339 e. The molecule has 1 N–H and O–H groups in total. The number of carbonyl (C=O) groups excluding carboxylic acids is 1. The Hall–Kier alpha value is -2.61. The standard InChI is InChI=1S/C19H20F2N4OS/c1-10-6-5-7-13(8-10)15(19-22-11(2)12(3)27-19)23-18(26)14-9-25(4)24-16(14)17(20)21/h5-9,15,17H,1-4H3,(H,23,26). The number of benzene rings is 1. The van der Waals surface area contributed by atoms with Crippen LogP contribution in [0.3, 0.4) is 0 Å². The second-order valence-electron chi connectivity index (χ2n) is 6.42. The third-order valence-electron chi connectivity index (χ3n) is 4.25. The minimum atomic E-state index is -2.83. The second-order valence-corrected chi connectivity index (χ2v) is 7.65. The Bertz CT molecular complexity index is 961. The zero-order valence-electron chi connectivity index (χ0n) is 15.5. The third kappa shape index (κ3) is 4.05. The predicted octanol–water partition coefficient (Wildman–Crippen LogP) is 4.26. The Morgan fingerprint density at radius 1 is 1.26 bits per heavy atom. The zero-order valence-corrected chi connectivity index (χ0v) is 16.3. The van der Waals surface area contributed by atoms with Crippen molar-refractivity contribution in [2.75, 3.05) is 0 Å². The molecule has 0 saturated carbocycles. The van der Waals surface area contributed by atoms with E-state index in [4.69, 9.17) is 0 Å². The first kappa shape index (κ1) is 19.2. The summed E-state index contributed by atoms with van der Waals surface area (Å²) < 4.78 is 27.7. The molecule has 142 valence electrons. The van der Waals surface area contributed by atoms with Crippen LogP contribution < -0.4 is 5.32 Å². The van der Waals surface area contributed by atoms with Crippen LogP contribution in [0.4, 0.5) is 8.78 Å². The lowest BCUT2D eigenvalue weighted by atomic mass is 10.0. The van der Waals surface area contributed by atoms with Gasteiger partial charge in [0.2, 0.25) is 0 Å². The second kappa shape index (κ2) is 7.56. The van der Waals surface area contributed by atoms with E-state index in [-0.39, 0.29) is 5.56 Å². The Labute approximate surface area is 160 Å². The number of aromatic nitrogens is 3. The number of thiazole rings is 1. The van der Waals surface area contributed by atoms with Crippen LogP contribution in [-0.2, 0) is 7.05 Å². The molecule has 8 heteroatoms. The molecular formula is C19H20F2N4OS. The van der Waals surface area contributed by atoms with Gasteiger partial charge < -0.3 is 5.32 Å². The Morgan fingerprint density at radius 2 is 2.00 bits per heavy atom. The first-order valence-electron chi connectivity index (χ1n) is 8.39. The Balaban J connectivity index is 2.00. The van der Waals surface area contributed by atoms with Crippen molar-refractivity contribution in [2.24, 2.45) is 7.05 Å². The summed E-state index contributed by atoms with van der Waals surface area (Å²) in [4.78, 5) is 18.4. The lowest BCUT2D eigenvalue weighted by molar-refractivity contribution is 0.0928. The minimum Gasteiger partial charge on any atom is -0.339 e. The number of nitrogens with one attached hydrogen (secondary N) is 1. The summed E-state index contributed by atoms with van der Waals surface area (Å²) in [5.41, 5.74) is 2.11. The minimum absolute atomic E-state index is 0.129. The summed E-state index contributed by atoms with van der Waals surface area (Å²) in [5, 5.41) is 7.29. The molecule has 0 bridgehead atoms. The maximum absolute atomic E-state index is 13.2. The number of hydrogen-bond acceptors (Lipinski definition) is 4. The van der Waals surface area contributed by atoms with Crippen LogP contribution in [0.2, 0.25) is 0 Å². The number of hydrogen-bond donors (Lipinski definition) is 1. The highest BCUT2D eigenvalue weighted by molar-refractivity contribution is 7.11. The molecule has 2 aromatic heterocycles. The Morgan fingerprint density at radius 3 is 2.59 bits per heavy atom.